The van der Waals surface area contributed by atoms with Crippen LogP contribution < -0.4 is 4.74 Å². The summed E-state index contributed by atoms with van der Waals surface area (Å²) in [4.78, 5) is 6.86. The number of hydrogen-bond acceptors (Lipinski definition) is 5. The number of hydrogen-bond donors (Lipinski definition) is 1. The molecule has 23 heavy (non-hydrogen) atoms. The molecule has 1 aliphatic rings. The summed E-state index contributed by atoms with van der Waals surface area (Å²) in [6.45, 7) is 1.87. The van der Waals surface area contributed by atoms with E-state index in [9.17, 15) is 5.11 Å². The van der Waals surface area contributed by atoms with E-state index in [1.165, 1.54) is 6.42 Å². The number of aliphatic hydroxyl groups excluding tert-OH is 1. The van der Waals surface area contributed by atoms with Crippen LogP contribution in [-0.2, 0) is 13.6 Å². The first-order valence-corrected chi connectivity index (χ1v) is 8.05. The van der Waals surface area contributed by atoms with E-state index in [1.54, 1.807) is 24.2 Å². The van der Waals surface area contributed by atoms with E-state index in [-0.39, 0.29) is 0 Å². The summed E-state index contributed by atoms with van der Waals surface area (Å²) in [5.74, 6) is 0.777. The van der Waals surface area contributed by atoms with E-state index in [0.29, 0.717) is 6.04 Å². The first-order chi connectivity index (χ1) is 11.2. The fourth-order valence-corrected chi connectivity index (χ4v) is 3.21. The van der Waals surface area contributed by atoms with Gasteiger partial charge < -0.3 is 9.84 Å². The van der Waals surface area contributed by atoms with Gasteiger partial charge in [-0.2, -0.15) is 5.10 Å². The molecule has 2 aromatic rings. The molecular weight excluding hydrogens is 292 g/mol. The Hall–Kier alpha value is -1.92. The van der Waals surface area contributed by atoms with Crippen LogP contribution in [0.4, 0.5) is 0 Å². The normalized spacial score (nSPS) is 19.9. The zero-order valence-corrected chi connectivity index (χ0v) is 13.7. The number of pyridine rings is 1. The third-order valence-corrected chi connectivity index (χ3v) is 4.50. The van der Waals surface area contributed by atoms with Crippen molar-refractivity contribution in [1.29, 1.82) is 0 Å². The highest BCUT2D eigenvalue weighted by atomic mass is 16.5. The van der Waals surface area contributed by atoms with Crippen molar-refractivity contribution in [1.82, 2.24) is 19.7 Å². The van der Waals surface area contributed by atoms with Gasteiger partial charge >= 0.3 is 0 Å². The van der Waals surface area contributed by atoms with E-state index < -0.39 is 6.10 Å². The molecule has 1 N–H and O–H groups in total. The van der Waals surface area contributed by atoms with Gasteiger partial charge in [0.05, 0.1) is 31.3 Å². The highest BCUT2D eigenvalue weighted by molar-refractivity contribution is 5.19. The Kier molecular flexibility index (Phi) is 4.93. The number of aryl methyl sites for hydroxylation is 1. The lowest BCUT2D eigenvalue weighted by Crippen LogP contribution is -2.30. The van der Waals surface area contributed by atoms with Gasteiger partial charge in [0.2, 0.25) is 0 Å². The van der Waals surface area contributed by atoms with Crippen molar-refractivity contribution >= 4 is 0 Å². The predicted molar refractivity (Wildman–Crippen MR) is 87.0 cm³/mol. The molecule has 124 valence electrons. The number of rotatable bonds is 6. The minimum atomic E-state index is -0.460. The van der Waals surface area contributed by atoms with Crippen molar-refractivity contribution in [3.05, 3.63) is 42.0 Å². The molecule has 0 saturated carbocycles. The predicted octanol–water partition coefficient (Wildman–Crippen LogP) is 1.91. The lowest BCUT2D eigenvalue weighted by Gasteiger charge is -2.25. The molecule has 0 aromatic carbocycles. The molecule has 0 amide bonds. The minimum Gasteiger partial charge on any atom is -0.495 e. The van der Waals surface area contributed by atoms with Crippen LogP contribution in [0.5, 0.6) is 5.75 Å². The van der Waals surface area contributed by atoms with Crippen molar-refractivity contribution < 1.29 is 9.84 Å². The Morgan fingerprint density at radius 2 is 2.26 bits per heavy atom. The highest BCUT2D eigenvalue weighted by Gasteiger charge is 2.27. The molecule has 2 atom stereocenters. The quantitative estimate of drug-likeness (QED) is 0.882. The molecule has 0 radical (unpaired) electrons. The van der Waals surface area contributed by atoms with Gasteiger partial charge in [-0.1, -0.05) is 0 Å². The maximum Gasteiger partial charge on any atom is 0.137 e. The Morgan fingerprint density at radius 3 is 2.91 bits per heavy atom. The number of methoxy groups -OCH3 is 1. The van der Waals surface area contributed by atoms with Crippen molar-refractivity contribution in [2.24, 2.45) is 7.05 Å². The van der Waals surface area contributed by atoms with Crippen LogP contribution in [-0.4, -0.2) is 44.5 Å². The molecular formula is C17H24N4O2. The van der Waals surface area contributed by atoms with Crippen LogP contribution in [0, 0.1) is 0 Å². The lowest BCUT2D eigenvalue weighted by atomic mass is 10.0. The molecule has 0 bridgehead atoms. The molecule has 3 heterocycles. The Morgan fingerprint density at radius 1 is 1.39 bits per heavy atom. The number of nitrogens with zero attached hydrogens (tertiary/aromatic N) is 4. The van der Waals surface area contributed by atoms with Crippen molar-refractivity contribution in [2.45, 2.75) is 38.0 Å². The Bertz CT molecular complexity index is 626. The summed E-state index contributed by atoms with van der Waals surface area (Å²) in [6, 6.07) is 4.33. The van der Waals surface area contributed by atoms with E-state index in [2.05, 4.69) is 15.0 Å². The SMILES string of the molecule is COc1ccc(CN2CCCC2CC(O)c2cnn(C)c2)nc1. The van der Waals surface area contributed by atoms with Gasteiger partial charge in [0.15, 0.2) is 0 Å². The van der Waals surface area contributed by atoms with E-state index in [4.69, 9.17) is 4.74 Å². The average molecular weight is 316 g/mol. The van der Waals surface area contributed by atoms with Gasteiger partial charge in [-0.15, -0.1) is 0 Å². The standard InChI is InChI=1S/C17H24N4O2/c1-20-11-13(9-19-20)17(22)8-15-4-3-7-21(15)12-14-5-6-16(23-2)10-18-14/h5-6,9-11,15,17,22H,3-4,7-8,12H2,1-2H3. The average Bonchev–Trinajstić information content (AvgIpc) is 3.17. The fraction of sp³-hybridized carbons (Fsp3) is 0.529. The molecule has 6 nitrogen and oxygen atoms in total. The first kappa shape index (κ1) is 16.0. The van der Waals surface area contributed by atoms with E-state index in [1.807, 2.05) is 25.4 Å². The van der Waals surface area contributed by atoms with Gasteiger partial charge in [0.25, 0.3) is 0 Å². The second kappa shape index (κ2) is 7.10. The van der Waals surface area contributed by atoms with Gasteiger partial charge in [-0.3, -0.25) is 14.6 Å². The fourth-order valence-electron chi connectivity index (χ4n) is 3.21. The largest absolute Gasteiger partial charge is 0.495 e. The minimum absolute atomic E-state index is 0.383. The number of ether oxygens (including phenoxy) is 1. The summed E-state index contributed by atoms with van der Waals surface area (Å²) in [6.07, 6.45) is 7.95. The maximum atomic E-state index is 10.4. The van der Waals surface area contributed by atoms with Gasteiger partial charge in [-0.25, -0.2) is 0 Å². The van der Waals surface area contributed by atoms with Crippen LogP contribution in [0.25, 0.3) is 0 Å². The molecule has 6 heteroatoms. The Balaban J connectivity index is 1.60. The zero-order chi connectivity index (χ0) is 16.2. The Labute approximate surface area is 136 Å². The summed E-state index contributed by atoms with van der Waals surface area (Å²) in [5.41, 5.74) is 1.93. The second-order valence-corrected chi connectivity index (χ2v) is 6.15. The summed E-state index contributed by atoms with van der Waals surface area (Å²) in [7, 11) is 3.51. The third kappa shape index (κ3) is 3.89. The van der Waals surface area contributed by atoms with Crippen LogP contribution in [0.3, 0.4) is 0 Å². The molecule has 0 spiro atoms. The zero-order valence-electron chi connectivity index (χ0n) is 13.7. The van der Waals surface area contributed by atoms with Gasteiger partial charge in [-0.05, 0) is 37.9 Å². The van der Waals surface area contributed by atoms with E-state index in [0.717, 1.165) is 42.9 Å². The summed E-state index contributed by atoms with van der Waals surface area (Å²) < 4.78 is 6.88. The smallest absolute Gasteiger partial charge is 0.137 e. The van der Waals surface area contributed by atoms with Crippen LogP contribution in [0.1, 0.15) is 36.6 Å². The second-order valence-electron chi connectivity index (χ2n) is 6.15. The van der Waals surface area contributed by atoms with Crippen molar-refractivity contribution in [3.8, 4) is 5.75 Å². The van der Waals surface area contributed by atoms with Gasteiger partial charge in [0.1, 0.15) is 5.75 Å². The summed E-state index contributed by atoms with van der Waals surface area (Å²) >= 11 is 0. The molecule has 1 fully saturated rings. The monoisotopic (exact) mass is 316 g/mol. The van der Waals surface area contributed by atoms with E-state index >= 15 is 0 Å². The van der Waals surface area contributed by atoms with Crippen LogP contribution in [0.15, 0.2) is 30.7 Å². The molecule has 1 saturated heterocycles. The van der Waals surface area contributed by atoms with Crippen LogP contribution >= 0.6 is 0 Å². The number of aromatic nitrogens is 3. The highest BCUT2D eigenvalue weighted by Crippen LogP contribution is 2.28. The molecule has 3 rings (SSSR count). The van der Waals surface area contributed by atoms with Gasteiger partial charge in [0, 0.05) is 31.4 Å². The third-order valence-electron chi connectivity index (χ3n) is 4.50. The maximum absolute atomic E-state index is 10.4. The number of aliphatic hydroxyl groups is 1. The molecule has 2 unspecified atom stereocenters. The lowest BCUT2D eigenvalue weighted by molar-refractivity contribution is 0.117. The summed E-state index contributed by atoms with van der Waals surface area (Å²) in [5, 5.41) is 14.6. The topological polar surface area (TPSA) is 63.4 Å². The number of likely N-dealkylation sites (tertiary alicyclic amines) is 1. The van der Waals surface area contributed by atoms with Crippen molar-refractivity contribution in [2.75, 3.05) is 13.7 Å². The van der Waals surface area contributed by atoms with Crippen molar-refractivity contribution in [3.63, 3.8) is 0 Å². The molecule has 0 aliphatic carbocycles. The first-order valence-electron chi connectivity index (χ1n) is 8.05. The molecule has 2 aromatic heterocycles. The van der Waals surface area contributed by atoms with Crippen LogP contribution in [0.2, 0.25) is 0 Å². The molecule has 1 aliphatic heterocycles.